The molecule has 0 aliphatic heterocycles. The first kappa shape index (κ1) is 15.4. The van der Waals surface area contributed by atoms with Gasteiger partial charge in [0.1, 0.15) is 5.69 Å². The molecule has 0 amide bonds. The first-order valence-corrected chi connectivity index (χ1v) is 6.89. The van der Waals surface area contributed by atoms with Crippen LogP contribution in [0.2, 0.25) is 0 Å². The normalized spacial score (nSPS) is 12.1. The number of rotatable bonds is 4. The molecule has 6 heteroatoms. The summed E-state index contributed by atoms with van der Waals surface area (Å²) < 4.78 is 40.1. The van der Waals surface area contributed by atoms with Crippen molar-refractivity contribution in [1.29, 1.82) is 0 Å². The molecule has 2 rings (SSSR count). The fraction of sp³-hybridized carbons (Fsp3) is 0.400. The van der Waals surface area contributed by atoms with Gasteiger partial charge in [0.15, 0.2) is 0 Å². The third-order valence-corrected chi connectivity index (χ3v) is 3.54. The van der Waals surface area contributed by atoms with Gasteiger partial charge < -0.3 is 5.73 Å². The van der Waals surface area contributed by atoms with Crippen LogP contribution in [0.3, 0.4) is 0 Å². The summed E-state index contributed by atoms with van der Waals surface area (Å²) in [5, 5.41) is 4.37. The van der Waals surface area contributed by atoms with Gasteiger partial charge in [-0.2, -0.15) is 18.3 Å². The van der Waals surface area contributed by atoms with E-state index in [0.29, 0.717) is 16.9 Å². The number of nitrogens with zero attached hydrogens (tertiary/aromatic N) is 2. The summed E-state index contributed by atoms with van der Waals surface area (Å²) in [6, 6.07) is 5.28. The van der Waals surface area contributed by atoms with Crippen LogP contribution in [0, 0.1) is 0 Å². The lowest BCUT2D eigenvalue weighted by Crippen LogP contribution is -2.07. The molecule has 0 bridgehead atoms. The molecular weight excluding hydrogens is 279 g/mol. The molecule has 0 saturated heterocycles. The van der Waals surface area contributed by atoms with E-state index in [-0.39, 0.29) is 6.04 Å². The average Bonchev–Trinajstić information content (AvgIpc) is 2.81. The van der Waals surface area contributed by atoms with Crippen LogP contribution in [0.5, 0.6) is 0 Å². The minimum absolute atomic E-state index is 0.201. The number of hydrogen-bond acceptors (Lipinski definition) is 2. The SMILES string of the molecule is CCC(CC)n1cc(N)c(-c2cccc(C(F)(F)F)c2)n1. The molecule has 0 atom stereocenters. The first-order chi connectivity index (χ1) is 9.86. The second-order valence-electron chi connectivity index (χ2n) is 4.96. The smallest absolute Gasteiger partial charge is 0.396 e. The molecule has 1 heterocycles. The quantitative estimate of drug-likeness (QED) is 0.902. The number of nitrogens with two attached hydrogens (primary N) is 1. The molecule has 2 aromatic rings. The lowest BCUT2D eigenvalue weighted by molar-refractivity contribution is -0.137. The Hall–Kier alpha value is -1.98. The molecular formula is C15H18F3N3. The minimum atomic E-state index is -4.37. The van der Waals surface area contributed by atoms with Gasteiger partial charge >= 0.3 is 6.18 Å². The molecule has 0 aliphatic carbocycles. The van der Waals surface area contributed by atoms with Crippen LogP contribution in [-0.4, -0.2) is 9.78 Å². The molecule has 1 aromatic heterocycles. The van der Waals surface area contributed by atoms with Gasteiger partial charge in [-0.3, -0.25) is 4.68 Å². The zero-order valence-electron chi connectivity index (χ0n) is 12.0. The van der Waals surface area contributed by atoms with E-state index in [1.165, 1.54) is 6.07 Å². The molecule has 21 heavy (non-hydrogen) atoms. The summed E-state index contributed by atoms with van der Waals surface area (Å²) in [4.78, 5) is 0. The van der Waals surface area contributed by atoms with Crippen molar-refractivity contribution in [3.8, 4) is 11.3 Å². The Morgan fingerprint density at radius 2 is 1.90 bits per heavy atom. The van der Waals surface area contributed by atoms with Gasteiger partial charge in [-0.15, -0.1) is 0 Å². The van der Waals surface area contributed by atoms with Crippen LogP contribution in [0.4, 0.5) is 18.9 Å². The fourth-order valence-corrected chi connectivity index (χ4v) is 2.32. The summed E-state index contributed by atoms with van der Waals surface area (Å²) in [5.41, 5.74) is 6.39. The molecule has 2 N–H and O–H groups in total. The Morgan fingerprint density at radius 3 is 2.48 bits per heavy atom. The van der Waals surface area contributed by atoms with E-state index in [1.54, 1.807) is 16.9 Å². The van der Waals surface area contributed by atoms with Crippen molar-refractivity contribution in [2.24, 2.45) is 0 Å². The van der Waals surface area contributed by atoms with Crippen LogP contribution in [-0.2, 0) is 6.18 Å². The fourth-order valence-electron chi connectivity index (χ4n) is 2.32. The number of anilines is 1. The van der Waals surface area contributed by atoms with Gasteiger partial charge in [-0.1, -0.05) is 26.0 Å². The minimum Gasteiger partial charge on any atom is -0.396 e. The van der Waals surface area contributed by atoms with E-state index >= 15 is 0 Å². The summed E-state index contributed by atoms with van der Waals surface area (Å²) in [7, 11) is 0. The maximum atomic E-state index is 12.8. The second-order valence-corrected chi connectivity index (χ2v) is 4.96. The van der Waals surface area contributed by atoms with E-state index in [9.17, 15) is 13.2 Å². The number of aromatic nitrogens is 2. The molecule has 0 aliphatic rings. The molecule has 0 spiro atoms. The second kappa shape index (κ2) is 5.79. The maximum Gasteiger partial charge on any atom is 0.416 e. The molecule has 3 nitrogen and oxygen atoms in total. The molecule has 0 fully saturated rings. The number of nitrogen functional groups attached to an aromatic ring is 1. The van der Waals surface area contributed by atoms with Crippen LogP contribution in [0.15, 0.2) is 30.5 Å². The predicted octanol–water partition coefficient (Wildman–Crippen LogP) is 4.51. The van der Waals surface area contributed by atoms with Crippen LogP contribution in [0.1, 0.15) is 38.3 Å². The number of alkyl halides is 3. The Bertz CT molecular complexity index is 613. The van der Waals surface area contributed by atoms with E-state index in [0.717, 1.165) is 25.0 Å². The predicted molar refractivity (Wildman–Crippen MR) is 76.7 cm³/mol. The van der Waals surface area contributed by atoms with E-state index in [1.807, 2.05) is 13.8 Å². The van der Waals surface area contributed by atoms with Gasteiger partial charge in [0.2, 0.25) is 0 Å². The third-order valence-electron chi connectivity index (χ3n) is 3.54. The highest BCUT2D eigenvalue weighted by atomic mass is 19.4. The van der Waals surface area contributed by atoms with E-state index < -0.39 is 11.7 Å². The standard InChI is InChI=1S/C15H18F3N3/c1-3-12(4-2)21-9-13(19)14(20-21)10-6-5-7-11(8-10)15(16,17)18/h5-9,12H,3-4,19H2,1-2H3. The summed E-state index contributed by atoms with van der Waals surface area (Å²) in [6.07, 6.45) is -0.907. The molecule has 114 valence electrons. The highest BCUT2D eigenvalue weighted by molar-refractivity contribution is 5.72. The molecule has 1 aromatic carbocycles. The monoisotopic (exact) mass is 297 g/mol. The largest absolute Gasteiger partial charge is 0.416 e. The Labute approximate surface area is 121 Å². The highest BCUT2D eigenvalue weighted by Crippen LogP contribution is 2.33. The van der Waals surface area contributed by atoms with Crippen molar-refractivity contribution in [1.82, 2.24) is 9.78 Å². The lowest BCUT2D eigenvalue weighted by atomic mass is 10.1. The maximum absolute atomic E-state index is 12.8. The third kappa shape index (κ3) is 3.20. The van der Waals surface area contributed by atoms with Crippen molar-refractivity contribution < 1.29 is 13.2 Å². The first-order valence-electron chi connectivity index (χ1n) is 6.89. The van der Waals surface area contributed by atoms with Crippen LogP contribution in [0.25, 0.3) is 11.3 Å². The van der Waals surface area contributed by atoms with Crippen molar-refractivity contribution in [3.05, 3.63) is 36.0 Å². The number of hydrogen-bond donors (Lipinski definition) is 1. The number of halogens is 3. The lowest BCUT2D eigenvalue weighted by Gasteiger charge is -2.12. The van der Waals surface area contributed by atoms with Crippen molar-refractivity contribution >= 4 is 5.69 Å². The van der Waals surface area contributed by atoms with Gasteiger partial charge in [0.05, 0.1) is 17.3 Å². The van der Waals surface area contributed by atoms with E-state index in [4.69, 9.17) is 5.73 Å². The van der Waals surface area contributed by atoms with E-state index in [2.05, 4.69) is 5.10 Å². The van der Waals surface area contributed by atoms with Gasteiger partial charge in [0.25, 0.3) is 0 Å². The Morgan fingerprint density at radius 1 is 1.24 bits per heavy atom. The Kier molecular flexibility index (Phi) is 4.25. The van der Waals surface area contributed by atoms with Gasteiger partial charge in [-0.25, -0.2) is 0 Å². The highest BCUT2D eigenvalue weighted by Gasteiger charge is 2.30. The van der Waals surface area contributed by atoms with Gasteiger partial charge in [0, 0.05) is 11.8 Å². The zero-order valence-corrected chi connectivity index (χ0v) is 12.0. The van der Waals surface area contributed by atoms with Crippen LogP contribution >= 0.6 is 0 Å². The van der Waals surface area contributed by atoms with Crippen molar-refractivity contribution in [2.45, 2.75) is 38.9 Å². The molecule has 0 radical (unpaired) electrons. The number of benzene rings is 1. The Balaban J connectivity index is 2.43. The molecule has 0 unspecified atom stereocenters. The van der Waals surface area contributed by atoms with Crippen LogP contribution < -0.4 is 5.73 Å². The zero-order chi connectivity index (χ0) is 15.6. The topological polar surface area (TPSA) is 43.8 Å². The van der Waals surface area contributed by atoms with Gasteiger partial charge in [-0.05, 0) is 25.0 Å². The summed E-state index contributed by atoms with van der Waals surface area (Å²) >= 11 is 0. The average molecular weight is 297 g/mol. The summed E-state index contributed by atoms with van der Waals surface area (Å²) in [5.74, 6) is 0. The summed E-state index contributed by atoms with van der Waals surface area (Å²) in [6.45, 7) is 4.08. The van der Waals surface area contributed by atoms with Crippen molar-refractivity contribution in [3.63, 3.8) is 0 Å². The molecule has 0 saturated carbocycles. The van der Waals surface area contributed by atoms with Crippen molar-refractivity contribution in [2.75, 3.05) is 5.73 Å².